The first kappa shape index (κ1) is 14.0. The molecule has 0 aromatic rings. The van der Waals surface area contributed by atoms with Gasteiger partial charge < -0.3 is 4.90 Å². The van der Waals surface area contributed by atoms with E-state index < -0.39 is 0 Å². The number of nitrogens with zero attached hydrogens (tertiary/aromatic N) is 2. The maximum absolute atomic E-state index is 12.8. The highest BCUT2D eigenvalue weighted by Gasteiger charge is 2.38. The smallest absolute Gasteiger partial charge is 0.230 e. The molecule has 0 N–H and O–H groups in total. The maximum Gasteiger partial charge on any atom is 0.230 e. The molecule has 3 atom stereocenters. The van der Waals surface area contributed by atoms with Crippen LogP contribution in [-0.2, 0) is 4.79 Å². The Labute approximate surface area is 125 Å². The number of amides is 1. The Kier molecular flexibility index (Phi) is 4.35. The summed E-state index contributed by atoms with van der Waals surface area (Å²) in [5.41, 5.74) is 0. The molecule has 3 nitrogen and oxygen atoms in total. The number of likely N-dealkylation sites (tertiary alicyclic amines) is 1. The van der Waals surface area contributed by atoms with E-state index in [-0.39, 0.29) is 5.92 Å². The zero-order chi connectivity index (χ0) is 13.9. The average molecular weight is 290 g/mol. The molecule has 0 spiro atoms. The number of rotatable bonds is 2. The van der Waals surface area contributed by atoms with Gasteiger partial charge in [0.2, 0.25) is 5.91 Å². The Balaban J connectivity index is 1.69. The molecule has 0 radical (unpaired) electrons. The second-order valence-corrected chi connectivity index (χ2v) is 7.32. The quantitative estimate of drug-likeness (QED) is 0.783. The van der Waals surface area contributed by atoms with Crippen molar-refractivity contribution in [3.63, 3.8) is 0 Å². The van der Waals surface area contributed by atoms with Gasteiger partial charge in [0, 0.05) is 18.3 Å². The fraction of sp³-hybridized carbons (Fsp3) is 0.750. The minimum atomic E-state index is 0.0176. The van der Waals surface area contributed by atoms with Crippen molar-refractivity contribution in [1.82, 2.24) is 4.90 Å². The predicted octanol–water partition coefficient (Wildman–Crippen LogP) is 3.33. The zero-order valence-corrected chi connectivity index (χ0v) is 12.7. The molecule has 3 rings (SSSR count). The number of fused-ring (bicyclic) bond motifs is 1. The van der Waals surface area contributed by atoms with E-state index >= 15 is 0 Å². The van der Waals surface area contributed by atoms with Gasteiger partial charge in [-0.3, -0.25) is 4.79 Å². The molecular formula is C16H22N2OS. The molecule has 2 aliphatic heterocycles. The Morgan fingerprint density at radius 3 is 3.00 bits per heavy atom. The fourth-order valence-electron chi connectivity index (χ4n) is 3.96. The molecule has 108 valence electrons. The second-order valence-electron chi connectivity index (χ2n) is 6.17. The van der Waals surface area contributed by atoms with Crippen LogP contribution in [0.2, 0.25) is 0 Å². The SMILES string of the molecule is N#CCC1=CC(C(=O)N2CCCC3CCCCC32)CS1. The summed E-state index contributed by atoms with van der Waals surface area (Å²) < 4.78 is 0. The van der Waals surface area contributed by atoms with Crippen LogP contribution in [0.4, 0.5) is 0 Å². The van der Waals surface area contributed by atoms with E-state index in [1.54, 1.807) is 11.8 Å². The third kappa shape index (κ3) is 2.74. The lowest BCUT2D eigenvalue weighted by atomic mass is 9.78. The summed E-state index contributed by atoms with van der Waals surface area (Å²) >= 11 is 1.69. The summed E-state index contributed by atoms with van der Waals surface area (Å²) in [6, 6.07) is 2.68. The number of carbonyl (C=O) groups is 1. The van der Waals surface area contributed by atoms with Crippen molar-refractivity contribution in [1.29, 1.82) is 5.26 Å². The molecule has 3 unspecified atom stereocenters. The van der Waals surface area contributed by atoms with E-state index in [0.29, 0.717) is 18.4 Å². The molecule has 1 amide bonds. The van der Waals surface area contributed by atoms with Crippen molar-refractivity contribution in [2.75, 3.05) is 12.3 Å². The molecule has 2 fully saturated rings. The Morgan fingerprint density at radius 2 is 2.15 bits per heavy atom. The normalized spacial score (nSPS) is 33.2. The van der Waals surface area contributed by atoms with Gasteiger partial charge in [-0.15, -0.1) is 11.8 Å². The average Bonchev–Trinajstić information content (AvgIpc) is 2.95. The van der Waals surface area contributed by atoms with Crippen molar-refractivity contribution in [3.8, 4) is 6.07 Å². The third-order valence-corrected chi connectivity index (χ3v) is 6.11. The highest BCUT2D eigenvalue weighted by Crippen LogP contribution is 2.38. The lowest BCUT2D eigenvalue weighted by molar-refractivity contribution is -0.139. The van der Waals surface area contributed by atoms with Crippen LogP contribution in [0.3, 0.4) is 0 Å². The standard InChI is InChI=1S/C16H22N2OS/c17-8-7-14-10-13(11-20-14)16(19)18-9-3-5-12-4-1-2-6-15(12)18/h10,12-13,15H,1-7,9,11H2. The van der Waals surface area contributed by atoms with E-state index in [1.165, 1.54) is 38.5 Å². The van der Waals surface area contributed by atoms with Gasteiger partial charge in [0.05, 0.1) is 18.4 Å². The third-order valence-electron chi connectivity index (χ3n) is 4.93. The number of hydrogen-bond acceptors (Lipinski definition) is 3. The van der Waals surface area contributed by atoms with Gasteiger partial charge in [-0.1, -0.05) is 18.9 Å². The Morgan fingerprint density at radius 1 is 1.35 bits per heavy atom. The molecule has 1 saturated heterocycles. The molecule has 0 bridgehead atoms. The van der Waals surface area contributed by atoms with Crippen LogP contribution in [-0.4, -0.2) is 29.1 Å². The number of allylic oxidation sites excluding steroid dienone is 1. The molecule has 20 heavy (non-hydrogen) atoms. The maximum atomic E-state index is 12.8. The summed E-state index contributed by atoms with van der Waals surface area (Å²) in [5.74, 6) is 1.92. The Hall–Kier alpha value is -0.950. The molecule has 2 heterocycles. The van der Waals surface area contributed by atoms with Crippen molar-refractivity contribution in [2.45, 2.75) is 51.0 Å². The largest absolute Gasteiger partial charge is 0.339 e. The zero-order valence-electron chi connectivity index (χ0n) is 11.9. The second kappa shape index (κ2) is 6.22. The van der Waals surface area contributed by atoms with Crippen molar-refractivity contribution >= 4 is 17.7 Å². The van der Waals surface area contributed by atoms with Crippen molar-refractivity contribution in [3.05, 3.63) is 11.0 Å². The molecule has 3 aliphatic rings. The van der Waals surface area contributed by atoms with E-state index in [4.69, 9.17) is 5.26 Å². The van der Waals surface area contributed by atoms with Crippen LogP contribution in [0.15, 0.2) is 11.0 Å². The molecule has 0 aromatic heterocycles. The van der Waals surface area contributed by atoms with E-state index in [1.807, 2.05) is 6.08 Å². The lowest BCUT2D eigenvalue weighted by Gasteiger charge is -2.44. The van der Waals surface area contributed by atoms with Gasteiger partial charge in [0.15, 0.2) is 0 Å². The first-order valence-electron chi connectivity index (χ1n) is 7.80. The van der Waals surface area contributed by atoms with Gasteiger partial charge in [-0.25, -0.2) is 0 Å². The predicted molar refractivity (Wildman–Crippen MR) is 81.0 cm³/mol. The number of nitriles is 1. The van der Waals surface area contributed by atoms with Gasteiger partial charge in [0.1, 0.15) is 0 Å². The highest BCUT2D eigenvalue weighted by molar-refractivity contribution is 8.03. The number of hydrogen-bond donors (Lipinski definition) is 0. The van der Waals surface area contributed by atoms with Gasteiger partial charge in [-0.05, 0) is 36.5 Å². The topological polar surface area (TPSA) is 44.1 Å². The van der Waals surface area contributed by atoms with Crippen LogP contribution >= 0.6 is 11.8 Å². The van der Waals surface area contributed by atoms with Gasteiger partial charge in [-0.2, -0.15) is 5.26 Å². The molecule has 0 aromatic carbocycles. The summed E-state index contributed by atoms with van der Waals surface area (Å²) in [5, 5.41) is 8.76. The van der Waals surface area contributed by atoms with Gasteiger partial charge >= 0.3 is 0 Å². The summed E-state index contributed by atoms with van der Waals surface area (Å²) in [7, 11) is 0. The molecule has 1 saturated carbocycles. The Bertz CT molecular complexity index is 452. The van der Waals surface area contributed by atoms with Crippen molar-refractivity contribution in [2.24, 2.45) is 11.8 Å². The summed E-state index contributed by atoms with van der Waals surface area (Å²) in [4.78, 5) is 16.1. The van der Waals surface area contributed by atoms with E-state index in [2.05, 4.69) is 11.0 Å². The lowest BCUT2D eigenvalue weighted by Crippen LogP contribution is -2.51. The number of piperidine rings is 1. The summed E-state index contributed by atoms with van der Waals surface area (Å²) in [6.45, 7) is 0.947. The van der Waals surface area contributed by atoms with Crippen LogP contribution < -0.4 is 0 Å². The van der Waals surface area contributed by atoms with E-state index in [9.17, 15) is 4.79 Å². The monoisotopic (exact) mass is 290 g/mol. The van der Waals surface area contributed by atoms with Gasteiger partial charge in [0.25, 0.3) is 0 Å². The minimum Gasteiger partial charge on any atom is -0.339 e. The first-order valence-corrected chi connectivity index (χ1v) is 8.79. The fourth-order valence-corrected chi connectivity index (χ4v) is 5.02. The number of thioether (sulfide) groups is 1. The van der Waals surface area contributed by atoms with Crippen LogP contribution in [0, 0.1) is 23.2 Å². The molecule has 1 aliphatic carbocycles. The molecule has 4 heteroatoms. The van der Waals surface area contributed by atoms with Crippen LogP contribution in [0.1, 0.15) is 44.9 Å². The van der Waals surface area contributed by atoms with Crippen molar-refractivity contribution < 1.29 is 4.79 Å². The van der Waals surface area contributed by atoms with Crippen LogP contribution in [0.5, 0.6) is 0 Å². The number of carbonyl (C=O) groups excluding carboxylic acids is 1. The minimum absolute atomic E-state index is 0.0176. The first-order chi connectivity index (χ1) is 9.79. The highest BCUT2D eigenvalue weighted by atomic mass is 32.2. The van der Waals surface area contributed by atoms with E-state index in [0.717, 1.165) is 23.1 Å². The molecular weight excluding hydrogens is 268 g/mol. The van der Waals surface area contributed by atoms with Crippen LogP contribution in [0.25, 0.3) is 0 Å². The summed E-state index contributed by atoms with van der Waals surface area (Å²) in [6.07, 6.45) is 10.1.